The molecule has 0 bridgehead atoms. The Bertz CT molecular complexity index is 615. The topological polar surface area (TPSA) is 43.8 Å². The van der Waals surface area contributed by atoms with Gasteiger partial charge >= 0.3 is 5.97 Å². The number of nitrogens with zero attached hydrogens (tertiary/aromatic N) is 2. The fourth-order valence-electron chi connectivity index (χ4n) is 2.94. The Balaban J connectivity index is 1.73. The molecule has 4 heteroatoms. The monoisotopic (exact) mass is 296 g/mol. The third-order valence-corrected chi connectivity index (χ3v) is 4.13. The Hall–Kier alpha value is -2.33. The van der Waals surface area contributed by atoms with Crippen LogP contribution in [-0.2, 0) is 11.3 Å². The highest BCUT2D eigenvalue weighted by Crippen LogP contribution is 2.20. The number of piperazine rings is 1. The lowest BCUT2D eigenvalue weighted by molar-refractivity contribution is -0.143. The molecule has 0 amide bonds. The fraction of sp³-hybridized carbons (Fsp3) is 0.278. The van der Waals surface area contributed by atoms with Crippen LogP contribution in [0.5, 0.6) is 0 Å². The molecule has 1 saturated heterocycles. The number of carbonyl (C=O) groups is 1. The van der Waals surface area contributed by atoms with E-state index in [1.54, 1.807) is 0 Å². The summed E-state index contributed by atoms with van der Waals surface area (Å²) in [4.78, 5) is 15.9. The Morgan fingerprint density at radius 2 is 1.64 bits per heavy atom. The van der Waals surface area contributed by atoms with Gasteiger partial charge in [-0.2, -0.15) is 0 Å². The van der Waals surface area contributed by atoms with Crippen LogP contribution < -0.4 is 4.90 Å². The van der Waals surface area contributed by atoms with Crippen molar-refractivity contribution in [2.75, 3.05) is 24.5 Å². The van der Waals surface area contributed by atoms with Gasteiger partial charge in [-0.3, -0.25) is 9.69 Å². The van der Waals surface area contributed by atoms with E-state index in [1.165, 1.54) is 0 Å². The molecular weight excluding hydrogens is 276 g/mol. The number of aliphatic carboxylic acids is 1. The van der Waals surface area contributed by atoms with E-state index in [2.05, 4.69) is 9.80 Å². The molecule has 2 aromatic carbocycles. The number of para-hydroxylation sites is 1. The number of hydrogen-bond donors (Lipinski definition) is 1. The lowest BCUT2D eigenvalue weighted by Crippen LogP contribution is -2.56. The normalized spacial score (nSPS) is 19.1. The smallest absolute Gasteiger partial charge is 0.322 e. The maximum absolute atomic E-state index is 11.7. The van der Waals surface area contributed by atoms with Crippen molar-refractivity contribution in [3.05, 3.63) is 66.2 Å². The molecule has 1 heterocycles. The van der Waals surface area contributed by atoms with Gasteiger partial charge in [-0.25, -0.2) is 0 Å². The van der Waals surface area contributed by atoms with Crippen LogP contribution in [0.25, 0.3) is 0 Å². The summed E-state index contributed by atoms with van der Waals surface area (Å²) in [6.07, 6.45) is 0. The van der Waals surface area contributed by atoms with Gasteiger partial charge in [0.25, 0.3) is 0 Å². The highest BCUT2D eigenvalue weighted by atomic mass is 16.4. The van der Waals surface area contributed by atoms with Gasteiger partial charge in [0, 0.05) is 31.9 Å². The maximum atomic E-state index is 11.7. The van der Waals surface area contributed by atoms with E-state index in [1.807, 2.05) is 60.7 Å². The zero-order valence-corrected chi connectivity index (χ0v) is 12.4. The molecule has 1 atom stereocenters. The van der Waals surface area contributed by atoms with E-state index in [0.717, 1.165) is 24.3 Å². The zero-order valence-electron chi connectivity index (χ0n) is 12.4. The molecule has 4 nitrogen and oxygen atoms in total. The van der Waals surface area contributed by atoms with Crippen LogP contribution in [-0.4, -0.2) is 41.7 Å². The molecule has 0 spiro atoms. The Labute approximate surface area is 130 Å². The summed E-state index contributed by atoms with van der Waals surface area (Å²) in [5.41, 5.74) is 2.25. The van der Waals surface area contributed by atoms with Gasteiger partial charge in [-0.1, -0.05) is 48.5 Å². The zero-order chi connectivity index (χ0) is 15.4. The molecule has 0 aliphatic carbocycles. The minimum Gasteiger partial charge on any atom is -0.480 e. The first-order valence-electron chi connectivity index (χ1n) is 7.55. The number of anilines is 1. The van der Waals surface area contributed by atoms with Crippen molar-refractivity contribution >= 4 is 11.7 Å². The van der Waals surface area contributed by atoms with Crippen LogP contribution in [0.2, 0.25) is 0 Å². The third kappa shape index (κ3) is 3.28. The highest BCUT2D eigenvalue weighted by Gasteiger charge is 2.32. The molecule has 1 aliphatic heterocycles. The summed E-state index contributed by atoms with van der Waals surface area (Å²) in [5.74, 6) is -0.753. The van der Waals surface area contributed by atoms with Gasteiger partial charge in [0.05, 0.1) is 0 Å². The molecule has 0 radical (unpaired) electrons. The third-order valence-electron chi connectivity index (χ3n) is 4.13. The van der Waals surface area contributed by atoms with Crippen molar-refractivity contribution in [1.82, 2.24) is 4.90 Å². The predicted molar refractivity (Wildman–Crippen MR) is 86.9 cm³/mol. The summed E-state index contributed by atoms with van der Waals surface area (Å²) >= 11 is 0. The van der Waals surface area contributed by atoms with E-state index < -0.39 is 12.0 Å². The number of benzene rings is 2. The first kappa shape index (κ1) is 14.6. The van der Waals surface area contributed by atoms with Crippen LogP contribution in [0.15, 0.2) is 60.7 Å². The second kappa shape index (κ2) is 6.62. The molecule has 3 rings (SSSR count). The Morgan fingerprint density at radius 1 is 1.00 bits per heavy atom. The second-order valence-corrected chi connectivity index (χ2v) is 5.59. The van der Waals surface area contributed by atoms with Crippen molar-refractivity contribution in [2.24, 2.45) is 0 Å². The number of carboxylic acid groups (broad SMARTS) is 1. The summed E-state index contributed by atoms with van der Waals surface area (Å²) in [6, 6.07) is 19.6. The summed E-state index contributed by atoms with van der Waals surface area (Å²) in [7, 11) is 0. The average Bonchev–Trinajstić information content (AvgIpc) is 2.57. The van der Waals surface area contributed by atoms with Gasteiger partial charge < -0.3 is 10.0 Å². The van der Waals surface area contributed by atoms with E-state index in [9.17, 15) is 9.90 Å². The molecule has 1 fully saturated rings. The minimum absolute atomic E-state index is 0.478. The van der Waals surface area contributed by atoms with E-state index in [0.29, 0.717) is 13.1 Å². The maximum Gasteiger partial charge on any atom is 0.322 e. The predicted octanol–water partition coefficient (Wildman–Crippen LogP) is 2.46. The Morgan fingerprint density at radius 3 is 2.27 bits per heavy atom. The summed E-state index contributed by atoms with van der Waals surface area (Å²) < 4.78 is 0. The summed E-state index contributed by atoms with van der Waals surface area (Å²) in [5, 5.41) is 9.58. The van der Waals surface area contributed by atoms with Crippen molar-refractivity contribution in [2.45, 2.75) is 12.6 Å². The van der Waals surface area contributed by atoms with Crippen LogP contribution in [0.4, 0.5) is 5.69 Å². The lowest BCUT2D eigenvalue weighted by Gasteiger charge is -2.40. The minimum atomic E-state index is -0.753. The average molecular weight is 296 g/mol. The van der Waals surface area contributed by atoms with Crippen molar-refractivity contribution in [1.29, 1.82) is 0 Å². The Kier molecular flexibility index (Phi) is 4.39. The summed E-state index contributed by atoms with van der Waals surface area (Å²) in [6.45, 7) is 2.80. The molecule has 114 valence electrons. The molecule has 1 N–H and O–H groups in total. The van der Waals surface area contributed by atoms with E-state index >= 15 is 0 Å². The molecular formula is C18H20N2O2. The molecule has 1 aliphatic rings. The SMILES string of the molecule is O=C(O)C1CN(c2ccccc2)CCN1Cc1ccccc1. The second-order valence-electron chi connectivity index (χ2n) is 5.59. The number of carboxylic acids is 1. The first-order valence-corrected chi connectivity index (χ1v) is 7.55. The largest absolute Gasteiger partial charge is 0.480 e. The van der Waals surface area contributed by atoms with Gasteiger partial charge in [-0.05, 0) is 17.7 Å². The van der Waals surface area contributed by atoms with Crippen molar-refractivity contribution in [3.63, 3.8) is 0 Å². The number of hydrogen-bond acceptors (Lipinski definition) is 3. The number of rotatable bonds is 4. The van der Waals surface area contributed by atoms with Crippen LogP contribution in [0.3, 0.4) is 0 Å². The van der Waals surface area contributed by atoms with Crippen LogP contribution in [0, 0.1) is 0 Å². The van der Waals surface area contributed by atoms with Gasteiger partial charge in [0.2, 0.25) is 0 Å². The van der Waals surface area contributed by atoms with Crippen molar-refractivity contribution < 1.29 is 9.90 Å². The molecule has 1 unspecified atom stereocenters. The van der Waals surface area contributed by atoms with Gasteiger partial charge in [0.15, 0.2) is 0 Å². The molecule has 0 aromatic heterocycles. The van der Waals surface area contributed by atoms with Gasteiger partial charge in [0.1, 0.15) is 6.04 Å². The quantitative estimate of drug-likeness (QED) is 0.941. The molecule has 0 saturated carbocycles. The van der Waals surface area contributed by atoms with Crippen LogP contribution >= 0.6 is 0 Å². The highest BCUT2D eigenvalue weighted by molar-refractivity contribution is 5.75. The van der Waals surface area contributed by atoms with Crippen LogP contribution in [0.1, 0.15) is 5.56 Å². The molecule has 22 heavy (non-hydrogen) atoms. The van der Waals surface area contributed by atoms with Crippen molar-refractivity contribution in [3.8, 4) is 0 Å². The first-order chi connectivity index (χ1) is 10.7. The van der Waals surface area contributed by atoms with E-state index in [-0.39, 0.29) is 0 Å². The van der Waals surface area contributed by atoms with E-state index in [4.69, 9.17) is 0 Å². The fourth-order valence-corrected chi connectivity index (χ4v) is 2.94. The standard InChI is InChI=1S/C18H20N2O2/c21-18(22)17-14-19(16-9-5-2-6-10-16)11-12-20(17)13-15-7-3-1-4-8-15/h1-10,17H,11-14H2,(H,21,22). The van der Waals surface area contributed by atoms with Gasteiger partial charge in [-0.15, -0.1) is 0 Å². The molecule has 2 aromatic rings. The lowest BCUT2D eigenvalue weighted by atomic mass is 10.1.